The number of rotatable bonds is 4. The smallest absolute Gasteiger partial charge is 0.0228 e. The number of hydrogen-bond acceptors (Lipinski definition) is 0. The minimum atomic E-state index is 0.697. The first kappa shape index (κ1) is 20.3. The molecule has 148 valence electrons. The van der Waals surface area contributed by atoms with Gasteiger partial charge in [0.2, 0.25) is 0 Å². The summed E-state index contributed by atoms with van der Waals surface area (Å²) in [6, 6.07) is 0. The zero-order valence-corrected chi connectivity index (χ0v) is 17.9. The predicted molar refractivity (Wildman–Crippen MR) is 114 cm³/mol. The first-order valence-corrected chi connectivity index (χ1v) is 12.2. The van der Waals surface area contributed by atoms with Crippen LogP contribution < -0.4 is 0 Å². The summed E-state index contributed by atoms with van der Waals surface area (Å²) >= 11 is 0. The van der Waals surface area contributed by atoms with E-state index in [0.29, 0.717) is 5.92 Å². The van der Waals surface area contributed by atoms with Gasteiger partial charge in [0, 0.05) is 11.8 Å². The zero-order valence-electron chi connectivity index (χ0n) is 17.9. The Morgan fingerprint density at radius 1 is 0.731 bits per heavy atom. The fraction of sp³-hybridized carbons (Fsp3) is 0.923. The van der Waals surface area contributed by atoms with E-state index in [0.717, 1.165) is 35.5 Å². The normalized spacial score (nSPS) is 41.3. The molecule has 0 aliphatic heterocycles. The highest BCUT2D eigenvalue weighted by atomic mass is 14.4. The Bertz CT molecular complexity index is 450. The topological polar surface area (TPSA) is 0 Å². The van der Waals surface area contributed by atoms with Crippen LogP contribution in [0.15, 0.2) is 0 Å². The largest absolute Gasteiger partial charge is 0.0996 e. The van der Waals surface area contributed by atoms with Crippen LogP contribution in [0.2, 0.25) is 0 Å². The molecule has 3 aliphatic rings. The molecule has 3 rings (SSSR count). The summed E-state index contributed by atoms with van der Waals surface area (Å²) in [5.41, 5.74) is 0. The van der Waals surface area contributed by atoms with E-state index in [-0.39, 0.29) is 0 Å². The second kappa shape index (κ2) is 10.2. The van der Waals surface area contributed by atoms with Crippen molar-refractivity contribution in [2.45, 2.75) is 111 Å². The molecule has 0 amide bonds. The summed E-state index contributed by atoms with van der Waals surface area (Å²) < 4.78 is 0. The molecule has 3 aliphatic carbocycles. The van der Waals surface area contributed by atoms with Crippen molar-refractivity contribution >= 4 is 0 Å². The molecule has 0 radical (unpaired) electrons. The Hall–Kier alpha value is -0.440. The van der Waals surface area contributed by atoms with E-state index in [1.807, 2.05) is 0 Å². The third kappa shape index (κ3) is 5.78. The molecule has 0 bridgehead atoms. The highest BCUT2D eigenvalue weighted by Gasteiger charge is 2.30. The number of hydrogen-bond donors (Lipinski definition) is 0. The van der Waals surface area contributed by atoms with Crippen LogP contribution in [0.3, 0.4) is 0 Å². The SMILES string of the molecule is CCCCC1CCC(C2CCC(C#CC3CCC(C)CC3C)CC2)CC1. The Kier molecular flexibility index (Phi) is 7.96. The molecule has 3 saturated carbocycles. The lowest BCUT2D eigenvalue weighted by molar-refractivity contribution is 0.153. The third-order valence-corrected chi connectivity index (χ3v) is 8.20. The summed E-state index contributed by atoms with van der Waals surface area (Å²) in [6.45, 7) is 7.18. The van der Waals surface area contributed by atoms with Crippen LogP contribution in [-0.4, -0.2) is 0 Å². The maximum atomic E-state index is 3.74. The average Bonchev–Trinajstić information content (AvgIpc) is 2.66. The van der Waals surface area contributed by atoms with Crippen LogP contribution in [0.4, 0.5) is 0 Å². The second-order valence-corrected chi connectivity index (χ2v) is 10.3. The van der Waals surface area contributed by atoms with Gasteiger partial charge in [-0.25, -0.2) is 0 Å². The Morgan fingerprint density at radius 2 is 1.38 bits per heavy atom. The quantitative estimate of drug-likeness (QED) is 0.450. The molecule has 26 heavy (non-hydrogen) atoms. The predicted octanol–water partition coefficient (Wildman–Crippen LogP) is 7.87. The van der Waals surface area contributed by atoms with Crippen LogP contribution in [0, 0.1) is 53.3 Å². The summed E-state index contributed by atoms with van der Waals surface area (Å²) in [7, 11) is 0. The van der Waals surface area contributed by atoms with Gasteiger partial charge in [-0.2, -0.15) is 0 Å². The van der Waals surface area contributed by atoms with Crippen molar-refractivity contribution < 1.29 is 0 Å². The molecular formula is C26H44. The minimum Gasteiger partial charge on any atom is -0.0996 e. The summed E-state index contributed by atoms with van der Waals surface area (Å²) in [5.74, 6) is 13.8. The summed E-state index contributed by atoms with van der Waals surface area (Å²) in [5, 5.41) is 0. The lowest BCUT2D eigenvalue weighted by Gasteiger charge is -2.37. The highest BCUT2D eigenvalue weighted by molar-refractivity contribution is 5.10. The van der Waals surface area contributed by atoms with Crippen LogP contribution in [0.25, 0.3) is 0 Å². The van der Waals surface area contributed by atoms with E-state index in [2.05, 4.69) is 32.6 Å². The second-order valence-electron chi connectivity index (χ2n) is 10.3. The van der Waals surface area contributed by atoms with Crippen molar-refractivity contribution in [1.82, 2.24) is 0 Å². The molecule has 0 spiro atoms. The Labute approximate surface area is 164 Å². The third-order valence-electron chi connectivity index (χ3n) is 8.20. The van der Waals surface area contributed by atoms with Crippen molar-refractivity contribution in [3.63, 3.8) is 0 Å². The van der Waals surface area contributed by atoms with Crippen LogP contribution >= 0.6 is 0 Å². The lowest BCUT2D eigenvalue weighted by Crippen LogP contribution is -2.25. The van der Waals surface area contributed by atoms with Crippen molar-refractivity contribution in [1.29, 1.82) is 0 Å². The molecule has 3 unspecified atom stereocenters. The zero-order chi connectivity index (χ0) is 18.4. The Morgan fingerprint density at radius 3 is 2.00 bits per heavy atom. The van der Waals surface area contributed by atoms with Gasteiger partial charge in [-0.3, -0.25) is 0 Å². The molecule has 0 aromatic carbocycles. The van der Waals surface area contributed by atoms with Crippen molar-refractivity contribution in [2.24, 2.45) is 41.4 Å². The van der Waals surface area contributed by atoms with E-state index in [1.54, 1.807) is 0 Å². The van der Waals surface area contributed by atoms with E-state index in [4.69, 9.17) is 0 Å². The number of unbranched alkanes of at least 4 members (excludes halogenated alkanes) is 1. The first-order chi connectivity index (χ1) is 12.7. The fourth-order valence-electron chi connectivity index (χ4n) is 6.28. The van der Waals surface area contributed by atoms with Crippen LogP contribution in [0.5, 0.6) is 0 Å². The Balaban J connectivity index is 1.38. The van der Waals surface area contributed by atoms with Gasteiger partial charge in [-0.15, -0.1) is 0 Å². The maximum absolute atomic E-state index is 3.74. The van der Waals surface area contributed by atoms with Gasteiger partial charge in [-0.05, 0) is 87.4 Å². The summed E-state index contributed by atoms with van der Waals surface area (Å²) in [4.78, 5) is 0. The molecule has 0 heteroatoms. The van der Waals surface area contributed by atoms with Gasteiger partial charge in [0.05, 0.1) is 0 Å². The highest BCUT2D eigenvalue weighted by Crippen LogP contribution is 2.42. The molecule has 0 aromatic rings. The van der Waals surface area contributed by atoms with Gasteiger partial charge < -0.3 is 0 Å². The molecule has 0 heterocycles. The van der Waals surface area contributed by atoms with E-state index < -0.39 is 0 Å². The standard InChI is InChI=1S/C26H44/c1-4-5-6-22-9-15-25(16-10-22)26-17-11-23(12-18-26)8-14-24-13-7-20(2)19-21(24)3/h20-26H,4-7,9-13,15-19H2,1-3H3. The molecule has 0 nitrogen and oxygen atoms in total. The van der Waals surface area contributed by atoms with Crippen molar-refractivity contribution in [2.75, 3.05) is 0 Å². The fourth-order valence-corrected chi connectivity index (χ4v) is 6.28. The molecule has 0 N–H and O–H groups in total. The minimum absolute atomic E-state index is 0.697. The van der Waals surface area contributed by atoms with Gasteiger partial charge in [0.25, 0.3) is 0 Å². The first-order valence-electron chi connectivity index (χ1n) is 12.2. The summed E-state index contributed by atoms with van der Waals surface area (Å²) in [6.07, 6.45) is 20.4. The molecule has 0 aromatic heterocycles. The van der Waals surface area contributed by atoms with E-state index >= 15 is 0 Å². The maximum Gasteiger partial charge on any atom is 0.0228 e. The van der Waals surface area contributed by atoms with Crippen LogP contribution in [0.1, 0.15) is 111 Å². The molecule has 0 saturated heterocycles. The van der Waals surface area contributed by atoms with Gasteiger partial charge >= 0.3 is 0 Å². The van der Waals surface area contributed by atoms with E-state index in [9.17, 15) is 0 Å². The van der Waals surface area contributed by atoms with Crippen molar-refractivity contribution in [3.05, 3.63) is 0 Å². The monoisotopic (exact) mass is 356 g/mol. The van der Waals surface area contributed by atoms with Gasteiger partial charge in [-0.1, -0.05) is 64.7 Å². The average molecular weight is 357 g/mol. The van der Waals surface area contributed by atoms with E-state index in [1.165, 1.54) is 89.9 Å². The molecule has 3 atom stereocenters. The van der Waals surface area contributed by atoms with Gasteiger partial charge in [0.15, 0.2) is 0 Å². The van der Waals surface area contributed by atoms with Gasteiger partial charge in [0.1, 0.15) is 0 Å². The molecular weight excluding hydrogens is 312 g/mol. The lowest BCUT2D eigenvalue weighted by atomic mass is 9.68. The van der Waals surface area contributed by atoms with Crippen molar-refractivity contribution in [3.8, 4) is 11.8 Å². The molecule has 3 fully saturated rings. The van der Waals surface area contributed by atoms with Crippen LogP contribution in [-0.2, 0) is 0 Å².